The first kappa shape index (κ1) is 17.5. The molecule has 0 amide bonds. The smallest absolute Gasteiger partial charge is 0.455 e. The summed E-state index contributed by atoms with van der Waals surface area (Å²) < 4.78 is 71.3. The Balaban J connectivity index is 1.89. The van der Waals surface area contributed by atoms with Crippen molar-refractivity contribution in [3.05, 3.63) is 0 Å². The van der Waals surface area contributed by atoms with E-state index in [4.69, 9.17) is 14.0 Å². The molecule has 6 unspecified atom stereocenters. The van der Waals surface area contributed by atoms with Crippen LogP contribution in [0.1, 0.15) is 13.8 Å². The molecule has 0 spiro atoms. The number of alkyl halides is 2. The fraction of sp³-hybridized carbons (Fsp3) is 0.833. The van der Waals surface area contributed by atoms with Crippen LogP contribution in [0.5, 0.6) is 0 Å². The molecule has 0 aromatic rings. The van der Waals surface area contributed by atoms with Crippen molar-refractivity contribution >= 4 is 22.1 Å². The van der Waals surface area contributed by atoms with Gasteiger partial charge in [-0.05, 0) is 13.8 Å². The first-order valence-electron chi connectivity index (χ1n) is 6.91. The summed E-state index contributed by atoms with van der Waals surface area (Å²) in [5.74, 6) is -4.97. The van der Waals surface area contributed by atoms with Crippen LogP contribution < -0.4 is 0 Å². The van der Waals surface area contributed by atoms with Crippen LogP contribution in [-0.2, 0) is 33.9 Å². The average Bonchev–Trinajstić information content (AvgIpc) is 2.99. The predicted octanol–water partition coefficient (Wildman–Crippen LogP) is -0.911. The third-order valence-corrected chi connectivity index (χ3v) is 5.34. The highest BCUT2D eigenvalue weighted by molar-refractivity contribution is 7.87. The summed E-state index contributed by atoms with van der Waals surface area (Å²) in [5, 5.41) is 5.03. The van der Waals surface area contributed by atoms with Gasteiger partial charge in [0.1, 0.15) is 12.2 Å². The lowest BCUT2D eigenvalue weighted by molar-refractivity contribution is -0.177. The number of halogens is 2. The molecule has 136 valence electrons. The number of fused-ring (bicyclic) bond motifs is 1. The highest BCUT2D eigenvalue weighted by Crippen LogP contribution is 2.54. The van der Waals surface area contributed by atoms with Gasteiger partial charge in [0, 0.05) is 5.92 Å². The molecule has 12 heteroatoms. The van der Waals surface area contributed by atoms with Gasteiger partial charge in [-0.3, -0.25) is 9.35 Å². The molecule has 3 saturated heterocycles. The van der Waals surface area contributed by atoms with Gasteiger partial charge in [0.05, 0.1) is 11.5 Å². The summed E-state index contributed by atoms with van der Waals surface area (Å²) in [7, 11) is -6.03. The molecule has 0 radical (unpaired) electrons. The van der Waals surface area contributed by atoms with Crippen molar-refractivity contribution < 1.29 is 50.7 Å². The van der Waals surface area contributed by atoms with E-state index in [1.807, 2.05) is 0 Å². The molecule has 2 bridgehead atoms. The molecule has 0 saturated carbocycles. The van der Waals surface area contributed by atoms with E-state index in [1.54, 1.807) is 0 Å². The molecule has 0 aromatic carbocycles. The van der Waals surface area contributed by atoms with Gasteiger partial charge in [-0.2, -0.15) is 17.2 Å². The van der Waals surface area contributed by atoms with Crippen LogP contribution in [0.2, 0.25) is 0 Å². The molecule has 3 aliphatic heterocycles. The maximum absolute atomic E-state index is 13.4. The SMILES string of the molecule is CC(C)(O)C1C2OC3C(OC(=O)C31)C2OC(=O)C(F)(F)S(=O)(=O)O. The van der Waals surface area contributed by atoms with Gasteiger partial charge in [-0.15, -0.1) is 0 Å². The Morgan fingerprint density at radius 3 is 2.33 bits per heavy atom. The van der Waals surface area contributed by atoms with Gasteiger partial charge >= 0.3 is 27.3 Å². The van der Waals surface area contributed by atoms with Gasteiger partial charge in [0.15, 0.2) is 12.2 Å². The van der Waals surface area contributed by atoms with E-state index >= 15 is 0 Å². The number of hydrogen-bond acceptors (Lipinski definition) is 8. The summed E-state index contributed by atoms with van der Waals surface area (Å²) in [5.41, 5.74) is -1.48. The number of carbonyl (C=O) groups excluding carboxylic acids is 2. The van der Waals surface area contributed by atoms with Crippen LogP contribution in [0.3, 0.4) is 0 Å². The standard InChI is InChI=1S/C12H14F2O9S/c1-11(2,17)4-3-5-7(22-9(3)15)8(6(4)21-5)23-10(16)12(13,14)24(18,19)20/h3-8,17H,1-2H3,(H,18,19,20). The van der Waals surface area contributed by atoms with E-state index in [0.717, 1.165) is 0 Å². The Kier molecular flexibility index (Phi) is 3.52. The second-order valence-corrected chi connectivity index (χ2v) is 8.00. The van der Waals surface area contributed by atoms with Crippen molar-refractivity contribution in [1.29, 1.82) is 0 Å². The molecule has 0 aromatic heterocycles. The zero-order valence-electron chi connectivity index (χ0n) is 12.4. The normalized spacial score (nSPS) is 38.3. The monoisotopic (exact) mass is 372 g/mol. The second-order valence-electron chi connectivity index (χ2n) is 6.53. The van der Waals surface area contributed by atoms with Crippen LogP contribution in [0.25, 0.3) is 0 Å². The summed E-state index contributed by atoms with van der Waals surface area (Å²) in [4.78, 5) is 23.4. The molecule has 24 heavy (non-hydrogen) atoms. The molecule has 2 N–H and O–H groups in total. The van der Waals surface area contributed by atoms with Gasteiger partial charge in [-0.1, -0.05) is 0 Å². The molecule has 3 rings (SSSR count). The third-order valence-electron chi connectivity index (χ3n) is 4.53. The number of aliphatic hydroxyl groups is 1. The Labute approximate surface area is 134 Å². The van der Waals surface area contributed by atoms with Crippen molar-refractivity contribution in [3.63, 3.8) is 0 Å². The van der Waals surface area contributed by atoms with Crippen molar-refractivity contribution in [3.8, 4) is 0 Å². The van der Waals surface area contributed by atoms with Crippen molar-refractivity contribution in [2.75, 3.05) is 0 Å². The van der Waals surface area contributed by atoms with Crippen LogP contribution >= 0.6 is 0 Å². The van der Waals surface area contributed by atoms with E-state index in [9.17, 15) is 31.9 Å². The summed E-state index contributed by atoms with van der Waals surface area (Å²) in [6.07, 6.45) is -4.71. The van der Waals surface area contributed by atoms with Crippen molar-refractivity contribution in [2.24, 2.45) is 11.8 Å². The molecule has 3 heterocycles. The maximum Gasteiger partial charge on any atom is 0.465 e. The molecule has 0 aliphatic carbocycles. The molecule has 6 atom stereocenters. The fourth-order valence-electron chi connectivity index (χ4n) is 3.60. The second kappa shape index (κ2) is 4.84. The minimum absolute atomic E-state index is 0.722. The number of esters is 2. The summed E-state index contributed by atoms with van der Waals surface area (Å²) in [6.45, 7) is 2.74. The van der Waals surface area contributed by atoms with Crippen LogP contribution in [0.15, 0.2) is 0 Å². The Bertz CT molecular complexity index is 698. The molecule has 3 aliphatic rings. The van der Waals surface area contributed by atoms with Crippen molar-refractivity contribution in [2.45, 2.75) is 49.1 Å². The first-order chi connectivity index (χ1) is 10.8. The Hall–Kier alpha value is -1.37. The van der Waals surface area contributed by atoms with Gasteiger partial charge in [0.2, 0.25) is 0 Å². The van der Waals surface area contributed by atoms with E-state index in [2.05, 4.69) is 4.74 Å². The minimum Gasteiger partial charge on any atom is -0.455 e. The predicted molar refractivity (Wildman–Crippen MR) is 68.2 cm³/mol. The van der Waals surface area contributed by atoms with Crippen LogP contribution in [0, 0.1) is 11.8 Å². The minimum atomic E-state index is -6.03. The van der Waals surface area contributed by atoms with Crippen molar-refractivity contribution in [1.82, 2.24) is 0 Å². The molecular weight excluding hydrogens is 358 g/mol. The first-order valence-corrected chi connectivity index (χ1v) is 8.35. The zero-order chi connectivity index (χ0) is 18.2. The topological polar surface area (TPSA) is 136 Å². The third kappa shape index (κ3) is 2.24. The largest absolute Gasteiger partial charge is 0.465 e. The number of hydrogen-bond donors (Lipinski definition) is 2. The fourth-order valence-corrected chi connectivity index (χ4v) is 3.86. The average molecular weight is 372 g/mol. The zero-order valence-corrected chi connectivity index (χ0v) is 13.2. The number of carbonyl (C=O) groups is 2. The van der Waals surface area contributed by atoms with Crippen LogP contribution in [0.4, 0.5) is 8.78 Å². The van der Waals surface area contributed by atoms with Crippen LogP contribution in [-0.4, -0.2) is 65.3 Å². The van der Waals surface area contributed by atoms with Gasteiger partial charge < -0.3 is 19.3 Å². The Morgan fingerprint density at radius 1 is 1.25 bits per heavy atom. The van der Waals surface area contributed by atoms with E-state index in [-0.39, 0.29) is 0 Å². The van der Waals surface area contributed by atoms with E-state index < -0.39 is 69.2 Å². The quantitative estimate of drug-likeness (QED) is 0.474. The summed E-state index contributed by atoms with van der Waals surface area (Å²) in [6, 6.07) is 0. The van der Waals surface area contributed by atoms with Gasteiger partial charge in [0.25, 0.3) is 0 Å². The number of ether oxygens (including phenoxy) is 3. The molecule has 9 nitrogen and oxygen atoms in total. The highest BCUT2D eigenvalue weighted by Gasteiger charge is 2.73. The molecular formula is C12H14F2O9S. The highest BCUT2D eigenvalue weighted by atomic mass is 32.2. The number of rotatable bonds is 4. The lowest BCUT2D eigenvalue weighted by Gasteiger charge is -2.35. The van der Waals surface area contributed by atoms with E-state index in [1.165, 1.54) is 13.8 Å². The lowest BCUT2D eigenvalue weighted by Crippen LogP contribution is -2.53. The summed E-state index contributed by atoms with van der Waals surface area (Å²) >= 11 is 0. The van der Waals surface area contributed by atoms with Gasteiger partial charge in [-0.25, -0.2) is 4.79 Å². The van der Waals surface area contributed by atoms with E-state index in [0.29, 0.717) is 0 Å². The molecule has 3 fully saturated rings. The Morgan fingerprint density at radius 2 is 1.83 bits per heavy atom. The lowest BCUT2D eigenvalue weighted by atomic mass is 9.71. The maximum atomic E-state index is 13.4.